The lowest BCUT2D eigenvalue weighted by Crippen LogP contribution is -2.34. The Hall–Kier alpha value is -2.51. The topological polar surface area (TPSA) is 95.3 Å². The van der Waals surface area contributed by atoms with E-state index in [1.54, 1.807) is 30.3 Å². The second-order valence-corrected chi connectivity index (χ2v) is 13.0. The van der Waals surface area contributed by atoms with Crippen LogP contribution < -0.4 is 0 Å². The lowest BCUT2D eigenvalue weighted by molar-refractivity contribution is 0.364. The van der Waals surface area contributed by atoms with Gasteiger partial charge in [0.2, 0.25) is 10.0 Å². The van der Waals surface area contributed by atoms with E-state index in [2.05, 4.69) is 0 Å². The first-order chi connectivity index (χ1) is 15.0. The van der Waals surface area contributed by atoms with Crippen molar-refractivity contribution in [2.24, 2.45) is 5.92 Å². The highest BCUT2D eigenvalue weighted by Gasteiger charge is 2.28. The molecule has 3 rings (SSSR count). The minimum atomic E-state index is -3.88. The summed E-state index contributed by atoms with van der Waals surface area (Å²) in [5.74, 6) is 0.0879. The summed E-state index contributed by atoms with van der Waals surface area (Å²) >= 11 is 1.42. The van der Waals surface area contributed by atoms with Crippen LogP contribution in [0.4, 0.5) is 0 Å². The van der Waals surface area contributed by atoms with Gasteiger partial charge in [-0.05, 0) is 47.9 Å². The molecule has 0 aliphatic heterocycles. The van der Waals surface area contributed by atoms with Crippen molar-refractivity contribution < 1.29 is 16.8 Å². The Kier molecular flexibility index (Phi) is 7.20. The largest absolute Gasteiger partial charge is 0.244 e. The summed E-state index contributed by atoms with van der Waals surface area (Å²) in [6.45, 7) is 4.35. The van der Waals surface area contributed by atoms with Crippen LogP contribution in [-0.2, 0) is 26.4 Å². The van der Waals surface area contributed by atoms with Gasteiger partial charge in [-0.2, -0.15) is 9.57 Å². The molecule has 1 aromatic heterocycles. The van der Waals surface area contributed by atoms with Gasteiger partial charge in [-0.25, -0.2) is 16.8 Å². The molecule has 0 aliphatic rings. The molecule has 168 valence electrons. The number of thiophene rings is 1. The van der Waals surface area contributed by atoms with Crippen molar-refractivity contribution >= 4 is 31.2 Å². The van der Waals surface area contributed by atoms with E-state index in [0.29, 0.717) is 6.54 Å². The van der Waals surface area contributed by atoms with E-state index >= 15 is 0 Å². The maximum Gasteiger partial charge on any atom is 0.244 e. The average molecular weight is 489 g/mol. The SMILES string of the molecule is CC(C)CN(Cc1ccc(-c2cccc(S(C)(=O)=O)c2)s1)S(=O)(=O)c1ccccc1C#N. The van der Waals surface area contributed by atoms with Crippen molar-refractivity contribution in [3.8, 4) is 16.5 Å². The number of nitrogens with zero attached hydrogens (tertiary/aromatic N) is 2. The normalized spacial score (nSPS) is 12.2. The molecule has 9 heteroatoms. The van der Waals surface area contributed by atoms with Crippen LogP contribution in [0.5, 0.6) is 0 Å². The highest BCUT2D eigenvalue weighted by molar-refractivity contribution is 7.90. The molecular weight excluding hydrogens is 464 g/mol. The Bertz CT molecular complexity index is 1370. The van der Waals surface area contributed by atoms with Gasteiger partial charge in [0.25, 0.3) is 0 Å². The molecule has 6 nitrogen and oxygen atoms in total. The zero-order valence-electron chi connectivity index (χ0n) is 18.0. The monoisotopic (exact) mass is 488 g/mol. The molecule has 0 radical (unpaired) electrons. The Morgan fingerprint density at radius 1 is 1.00 bits per heavy atom. The molecule has 0 atom stereocenters. The first kappa shape index (κ1) is 24.1. The number of sulfone groups is 1. The standard InChI is InChI=1S/C23H24N2O4S3/c1-17(2)15-25(32(28,29)23-10-5-4-7-19(23)14-24)16-20-11-12-22(30-20)18-8-6-9-21(13-18)31(3,26)27/h4-13,17H,15-16H2,1-3H3. The van der Waals surface area contributed by atoms with E-state index in [1.165, 1.54) is 34.0 Å². The highest BCUT2D eigenvalue weighted by atomic mass is 32.2. The van der Waals surface area contributed by atoms with Gasteiger partial charge in [0.1, 0.15) is 6.07 Å². The average Bonchev–Trinajstić information content (AvgIpc) is 3.21. The third-order valence-corrected chi connectivity index (χ3v) is 8.83. The van der Waals surface area contributed by atoms with E-state index in [4.69, 9.17) is 0 Å². The molecule has 0 saturated heterocycles. The van der Waals surface area contributed by atoms with E-state index in [-0.39, 0.29) is 27.8 Å². The van der Waals surface area contributed by atoms with Crippen LogP contribution in [0, 0.1) is 17.2 Å². The number of hydrogen-bond donors (Lipinski definition) is 0. The van der Waals surface area contributed by atoms with Crippen molar-refractivity contribution in [1.82, 2.24) is 4.31 Å². The number of rotatable bonds is 8. The van der Waals surface area contributed by atoms with Gasteiger partial charge in [0, 0.05) is 29.1 Å². The molecule has 0 bridgehead atoms. The van der Waals surface area contributed by atoms with Crippen LogP contribution in [0.15, 0.2) is 70.5 Å². The number of nitriles is 1. The van der Waals surface area contributed by atoms with Crippen molar-refractivity contribution in [2.75, 3.05) is 12.8 Å². The summed E-state index contributed by atoms with van der Waals surface area (Å²) in [6, 6.07) is 18.6. The maximum absolute atomic E-state index is 13.4. The Labute approximate surface area is 193 Å². The maximum atomic E-state index is 13.4. The lowest BCUT2D eigenvalue weighted by Gasteiger charge is -2.24. The van der Waals surface area contributed by atoms with Gasteiger partial charge in [0.15, 0.2) is 9.84 Å². The minimum Gasteiger partial charge on any atom is -0.224 e. The van der Waals surface area contributed by atoms with Crippen LogP contribution in [0.3, 0.4) is 0 Å². The molecule has 0 unspecified atom stereocenters. The third kappa shape index (κ3) is 5.45. The number of sulfonamides is 1. The molecule has 1 heterocycles. The Morgan fingerprint density at radius 2 is 1.72 bits per heavy atom. The molecule has 0 spiro atoms. The predicted octanol–water partition coefficient (Wildman–Crippen LogP) is 4.54. The van der Waals surface area contributed by atoms with Crippen LogP contribution in [0.1, 0.15) is 24.3 Å². The molecule has 32 heavy (non-hydrogen) atoms. The van der Waals surface area contributed by atoms with E-state index < -0.39 is 19.9 Å². The zero-order valence-corrected chi connectivity index (χ0v) is 20.5. The van der Waals surface area contributed by atoms with E-state index in [9.17, 15) is 22.1 Å². The second kappa shape index (κ2) is 9.55. The summed E-state index contributed by atoms with van der Waals surface area (Å²) in [7, 11) is -7.21. The third-order valence-electron chi connectivity index (χ3n) is 4.73. The number of hydrogen-bond acceptors (Lipinski definition) is 6. The Balaban J connectivity index is 1.95. The van der Waals surface area contributed by atoms with Gasteiger partial charge in [-0.1, -0.05) is 38.1 Å². The van der Waals surface area contributed by atoms with Gasteiger partial charge < -0.3 is 0 Å². The summed E-state index contributed by atoms with van der Waals surface area (Å²) in [6.07, 6.45) is 1.17. The van der Waals surface area contributed by atoms with E-state index in [0.717, 1.165) is 15.3 Å². The predicted molar refractivity (Wildman–Crippen MR) is 126 cm³/mol. The molecule has 0 fully saturated rings. The first-order valence-electron chi connectivity index (χ1n) is 9.91. The van der Waals surface area contributed by atoms with Gasteiger partial charge in [0.05, 0.1) is 15.4 Å². The quantitative estimate of drug-likeness (QED) is 0.464. The van der Waals surface area contributed by atoms with Gasteiger partial charge >= 0.3 is 0 Å². The molecular formula is C23H24N2O4S3. The minimum absolute atomic E-state index is 0.000725. The van der Waals surface area contributed by atoms with Crippen molar-refractivity contribution in [3.63, 3.8) is 0 Å². The van der Waals surface area contributed by atoms with Crippen LogP contribution in [-0.4, -0.2) is 33.9 Å². The van der Waals surface area contributed by atoms with Crippen LogP contribution in [0.25, 0.3) is 10.4 Å². The highest BCUT2D eigenvalue weighted by Crippen LogP contribution is 2.32. The van der Waals surface area contributed by atoms with E-state index in [1.807, 2.05) is 38.1 Å². The van der Waals surface area contributed by atoms with Gasteiger partial charge in [-0.3, -0.25) is 0 Å². The summed E-state index contributed by atoms with van der Waals surface area (Å²) in [4.78, 5) is 1.91. The van der Waals surface area contributed by atoms with Crippen LogP contribution >= 0.6 is 11.3 Å². The zero-order chi connectivity index (χ0) is 23.5. The smallest absolute Gasteiger partial charge is 0.224 e. The molecule has 0 saturated carbocycles. The lowest BCUT2D eigenvalue weighted by atomic mass is 10.2. The molecule has 0 amide bonds. The summed E-state index contributed by atoms with van der Waals surface area (Å²) < 4.78 is 51.9. The van der Waals surface area contributed by atoms with Crippen molar-refractivity contribution in [2.45, 2.75) is 30.2 Å². The molecule has 0 N–H and O–H groups in total. The van der Waals surface area contributed by atoms with Gasteiger partial charge in [-0.15, -0.1) is 11.3 Å². The number of benzene rings is 2. The fraction of sp³-hybridized carbons (Fsp3) is 0.261. The Morgan fingerprint density at radius 3 is 2.38 bits per heavy atom. The first-order valence-corrected chi connectivity index (χ1v) is 14.1. The summed E-state index contributed by atoms with van der Waals surface area (Å²) in [5, 5.41) is 9.37. The summed E-state index contributed by atoms with van der Waals surface area (Å²) in [5.41, 5.74) is 0.878. The fourth-order valence-electron chi connectivity index (χ4n) is 3.25. The fourth-order valence-corrected chi connectivity index (χ4v) is 6.74. The van der Waals surface area contributed by atoms with Crippen molar-refractivity contribution in [1.29, 1.82) is 5.26 Å². The van der Waals surface area contributed by atoms with Crippen molar-refractivity contribution in [3.05, 3.63) is 71.1 Å². The molecule has 0 aliphatic carbocycles. The molecule has 3 aromatic rings. The van der Waals surface area contributed by atoms with Crippen LogP contribution in [0.2, 0.25) is 0 Å². The second-order valence-electron chi connectivity index (χ2n) is 7.87. The molecule has 2 aromatic carbocycles.